The van der Waals surface area contributed by atoms with E-state index in [9.17, 15) is 4.79 Å². The molecule has 0 atom stereocenters. The molecule has 178 valence electrons. The zero-order chi connectivity index (χ0) is 23.6. The second-order valence-electron chi connectivity index (χ2n) is 9.37. The van der Waals surface area contributed by atoms with Crippen molar-refractivity contribution < 1.29 is 4.79 Å². The van der Waals surface area contributed by atoms with Gasteiger partial charge in [0.1, 0.15) is 5.82 Å². The number of hydrogen-bond donors (Lipinski definition) is 2. The van der Waals surface area contributed by atoms with Crippen LogP contribution in [0, 0.1) is 0 Å². The van der Waals surface area contributed by atoms with Crippen molar-refractivity contribution in [3.63, 3.8) is 0 Å². The van der Waals surface area contributed by atoms with Gasteiger partial charge in [-0.05, 0) is 68.0 Å². The van der Waals surface area contributed by atoms with Crippen molar-refractivity contribution in [1.82, 2.24) is 20.2 Å². The molecule has 2 aliphatic rings. The highest BCUT2D eigenvalue weighted by atomic mass is 16.1. The van der Waals surface area contributed by atoms with E-state index in [0.29, 0.717) is 11.4 Å². The fourth-order valence-electron chi connectivity index (χ4n) is 5.06. The number of piperidine rings is 1. The number of carbonyl (C=O) groups is 1. The van der Waals surface area contributed by atoms with Crippen LogP contribution >= 0.6 is 0 Å². The van der Waals surface area contributed by atoms with Gasteiger partial charge in [0, 0.05) is 43.3 Å². The second-order valence-corrected chi connectivity index (χ2v) is 9.37. The lowest BCUT2D eigenvalue weighted by atomic mass is 10.0. The van der Waals surface area contributed by atoms with Crippen LogP contribution < -0.4 is 15.1 Å². The Morgan fingerprint density at radius 2 is 1.63 bits per heavy atom. The number of carbonyl (C=O) groups excluding carboxylic acids is 1. The molecule has 6 rings (SSSR count). The molecule has 0 aliphatic carbocycles. The molecule has 0 unspecified atom stereocenters. The Morgan fingerprint density at radius 1 is 0.829 bits per heavy atom. The number of benzene rings is 1. The lowest BCUT2D eigenvalue weighted by Crippen LogP contribution is -2.29. The molecule has 3 aromatic heterocycles. The third kappa shape index (κ3) is 4.43. The zero-order valence-electron chi connectivity index (χ0n) is 19.7. The van der Waals surface area contributed by atoms with Crippen LogP contribution in [0.5, 0.6) is 0 Å². The molecule has 5 heterocycles. The van der Waals surface area contributed by atoms with Gasteiger partial charge in [-0.25, -0.2) is 4.98 Å². The third-order valence-electron chi connectivity index (χ3n) is 6.99. The summed E-state index contributed by atoms with van der Waals surface area (Å²) in [4.78, 5) is 26.8. The maximum atomic E-state index is 13.1. The Morgan fingerprint density at radius 3 is 2.43 bits per heavy atom. The van der Waals surface area contributed by atoms with Crippen LogP contribution in [-0.4, -0.2) is 52.3 Å². The Hall–Kier alpha value is -3.94. The molecule has 2 fully saturated rings. The van der Waals surface area contributed by atoms with Crippen molar-refractivity contribution in [3.8, 4) is 11.1 Å². The minimum absolute atomic E-state index is 0.260. The molecule has 2 aliphatic heterocycles. The van der Waals surface area contributed by atoms with Gasteiger partial charge in [0.05, 0.1) is 29.3 Å². The van der Waals surface area contributed by atoms with E-state index in [1.807, 2.05) is 42.7 Å². The molecular formula is C27H29N7O. The summed E-state index contributed by atoms with van der Waals surface area (Å²) in [5.41, 5.74) is 5.04. The van der Waals surface area contributed by atoms with Gasteiger partial charge < -0.3 is 15.1 Å². The van der Waals surface area contributed by atoms with Gasteiger partial charge in [-0.3, -0.25) is 14.9 Å². The zero-order valence-corrected chi connectivity index (χ0v) is 19.7. The van der Waals surface area contributed by atoms with Crippen LogP contribution in [0.4, 0.5) is 17.2 Å². The number of aromatic nitrogens is 4. The summed E-state index contributed by atoms with van der Waals surface area (Å²) in [5.74, 6) is 0.695. The van der Waals surface area contributed by atoms with E-state index in [1.54, 1.807) is 6.20 Å². The summed E-state index contributed by atoms with van der Waals surface area (Å²) >= 11 is 0. The van der Waals surface area contributed by atoms with Crippen molar-refractivity contribution in [3.05, 3.63) is 60.7 Å². The molecule has 8 nitrogen and oxygen atoms in total. The smallest absolute Gasteiger partial charge is 0.276 e. The fraction of sp³-hybridized carbons (Fsp3) is 0.333. The predicted octanol–water partition coefficient (Wildman–Crippen LogP) is 4.86. The summed E-state index contributed by atoms with van der Waals surface area (Å²) in [6.45, 7) is 4.22. The van der Waals surface area contributed by atoms with Crippen molar-refractivity contribution >= 4 is 34.0 Å². The van der Waals surface area contributed by atoms with Crippen molar-refractivity contribution in [2.75, 3.05) is 41.3 Å². The molecule has 4 aromatic rings. The first-order chi connectivity index (χ1) is 17.2. The summed E-state index contributed by atoms with van der Waals surface area (Å²) in [6.07, 6.45) is 11.7. The Kier molecular flexibility index (Phi) is 5.78. The molecule has 0 spiro atoms. The highest BCUT2D eigenvalue weighted by Gasteiger charge is 2.18. The van der Waals surface area contributed by atoms with Crippen LogP contribution in [-0.2, 0) is 0 Å². The SMILES string of the molecule is O=C(Nc1ccc(N2CCCC2)nc1)c1n[nH]c2ccc(-c3cncc(N4CCCCC4)c3)cc12. The first-order valence-corrected chi connectivity index (χ1v) is 12.5. The molecule has 8 heteroatoms. The maximum Gasteiger partial charge on any atom is 0.276 e. The van der Waals surface area contributed by atoms with Gasteiger partial charge in [-0.1, -0.05) is 6.07 Å². The minimum Gasteiger partial charge on any atom is -0.370 e. The predicted molar refractivity (Wildman–Crippen MR) is 139 cm³/mol. The fourth-order valence-corrected chi connectivity index (χ4v) is 5.06. The van der Waals surface area contributed by atoms with Crippen LogP contribution in [0.3, 0.4) is 0 Å². The summed E-state index contributed by atoms with van der Waals surface area (Å²) in [7, 11) is 0. The van der Waals surface area contributed by atoms with E-state index in [4.69, 9.17) is 0 Å². The number of pyridine rings is 2. The van der Waals surface area contributed by atoms with Crippen molar-refractivity contribution in [1.29, 1.82) is 0 Å². The summed E-state index contributed by atoms with van der Waals surface area (Å²) < 4.78 is 0. The summed E-state index contributed by atoms with van der Waals surface area (Å²) in [5, 5.41) is 11.0. The number of amides is 1. The molecular weight excluding hydrogens is 438 g/mol. The van der Waals surface area contributed by atoms with E-state index in [0.717, 1.165) is 59.7 Å². The highest BCUT2D eigenvalue weighted by molar-refractivity contribution is 6.11. The number of hydrogen-bond acceptors (Lipinski definition) is 6. The van der Waals surface area contributed by atoms with Crippen LogP contribution in [0.25, 0.3) is 22.0 Å². The van der Waals surface area contributed by atoms with Crippen LogP contribution in [0.15, 0.2) is 55.0 Å². The highest BCUT2D eigenvalue weighted by Crippen LogP contribution is 2.29. The Balaban J connectivity index is 1.23. The number of aromatic amines is 1. The Bertz CT molecular complexity index is 1340. The van der Waals surface area contributed by atoms with E-state index in [-0.39, 0.29) is 5.91 Å². The molecule has 1 aromatic carbocycles. The third-order valence-corrected chi connectivity index (χ3v) is 6.99. The first-order valence-electron chi connectivity index (χ1n) is 12.5. The second kappa shape index (κ2) is 9.37. The quantitative estimate of drug-likeness (QED) is 0.436. The largest absolute Gasteiger partial charge is 0.370 e. The number of H-pyrrole nitrogens is 1. The van der Waals surface area contributed by atoms with Crippen molar-refractivity contribution in [2.24, 2.45) is 0 Å². The number of nitrogens with one attached hydrogen (secondary N) is 2. The van der Waals surface area contributed by atoms with Gasteiger partial charge in [-0.15, -0.1) is 0 Å². The average molecular weight is 468 g/mol. The van der Waals surface area contributed by atoms with Gasteiger partial charge >= 0.3 is 0 Å². The number of fused-ring (bicyclic) bond motifs is 1. The van der Waals surface area contributed by atoms with E-state index >= 15 is 0 Å². The lowest BCUT2D eigenvalue weighted by molar-refractivity contribution is 0.102. The van der Waals surface area contributed by atoms with Crippen molar-refractivity contribution in [2.45, 2.75) is 32.1 Å². The standard InChI is InChI=1S/C27H29N7O/c35-27(30-21-7-9-25(29-17-21)34-12-4-5-13-34)26-23-15-19(6-8-24(23)31-32-26)20-14-22(18-28-16-20)33-10-2-1-3-11-33/h6-9,14-18H,1-5,10-13H2,(H,30,35)(H,31,32). The summed E-state index contributed by atoms with van der Waals surface area (Å²) in [6, 6.07) is 12.1. The van der Waals surface area contributed by atoms with Gasteiger partial charge in [0.15, 0.2) is 5.69 Å². The number of anilines is 3. The van der Waals surface area contributed by atoms with E-state index < -0.39 is 0 Å². The van der Waals surface area contributed by atoms with Gasteiger partial charge in [0.25, 0.3) is 5.91 Å². The number of nitrogens with zero attached hydrogens (tertiary/aromatic N) is 5. The molecule has 35 heavy (non-hydrogen) atoms. The van der Waals surface area contributed by atoms with Gasteiger partial charge in [0.2, 0.25) is 0 Å². The normalized spacial score (nSPS) is 16.1. The van der Waals surface area contributed by atoms with Gasteiger partial charge in [-0.2, -0.15) is 5.10 Å². The average Bonchev–Trinajstić information content (AvgIpc) is 3.60. The molecule has 0 bridgehead atoms. The maximum absolute atomic E-state index is 13.1. The molecule has 1 amide bonds. The molecule has 2 N–H and O–H groups in total. The monoisotopic (exact) mass is 467 g/mol. The van der Waals surface area contributed by atoms with Crippen LogP contribution in [0.2, 0.25) is 0 Å². The van der Waals surface area contributed by atoms with E-state index in [2.05, 4.69) is 41.3 Å². The number of rotatable bonds is 5. The molecule has 0 radical (unpaired) electrons. The van der Waals surface area contributed by atoms with E-state index in [1.165, 1.54) is 32.1 Å². The van der Waals surface area contributed by atoms with Crippen LogP contribution in [0.1, 0.15) is 42.6 Å². The Labute approximate surface area is 204 Å². The molecule has 0 saturated carbocycles. The lowest BCUT2D eigenvalue weighted by Gasteiger charge is -2.28. The minimum atomic E-state index is -0.260. The topological polar surface area (TPSA) is 90.0 Å². The molecule has 2 saturated heterocycles. The first kappa shape index (κ1) is 21.6.